The molecule has 0 aliphatic heterocycles. The Morgan fingerprint density at radius 1 is 1.22 bits per heavy atom. The molecule has 0 heterocycles. The molecule has 2 aromatic rings. The first-order valence-corrected chi connectivity index (χ1v) is 8.68. The van der Waals surface area contributed by atoms with E-state index in [1.807, 2.05) is 12.1 Å². The molecule has 6 heteroatoms. The Balaban J connectivity index is 2.06. The Bertz CT molecular complexity index is 853. The van der Waals surface area contributed by atoms with Gasteiger partial charge in [-0.3, -0.25) is 0 Å². The van der Waals surface area contributed by atoms with Crippen molar-refractivity contribution in [2.45, 2.75) is 11.3 Å². The third-order valence-electron chi connectivity index (χ3n) is 3.23. The van der Waals surface area contributed by atoms with E-state index in [1.54, 1.807) is 30.3 Å². The van der Waals surface area contributed by atoms with Crippen molar-refractivity contribution in [1.82, 2.24) is 4.72 Å². The molecule has 0 radical (unpaired) electrons. The summed E-state index contributed by atoms with van der Waals surface area (Å²) < 4.78 is 27.0. The predicted octanol–water partition coefficient (Wildman–Crippen LogP) is 3.40. The molecule has 0 atom stereocenters. The molecule has 0 aromatic heterocycles. The van der Waals surface area contributed by atoms with Gasteiger partial charge >= 0.3 is 0 Å². The molecule has 0 fully saturated rings. The average Bonchev–Trinajstić information content (AvgIpc) is 2.53. The smallest absolute Gasteiger partial charge is 0.207 e. The SMILES string of the molecule is C=C(CNS(=O)(=O)c1ccc(CC#N)cc1)c1cccc(Cl)c1. The molecule has 0 spiro atoms. The number of nitrogens with zero attached hydrogens (tertiary/aromatic N) is 1. The lowest BCUT2D eigenvalue weighted by atomic mass is 10.1. The van der Waals surface area contributed by atoms with Gasteiger partial charge in [-0.05, 0) is 41.0 Å². The van der Waals surface area contributed by atoms with Crippen LogP contribution in [0.4, 0.5) is 0 Å². The van der Waals surface area contributed by atoms with E-state index in [-0.39, 0.29) is 17.9 Å². The summed E-state index contributed by atoms with van der Waals surface area (Å²) in [6.45, 7) is 3.97. The molecule has 0 unspecified atom stereocenters. The predicted molar refractivity (Wildman–Crippen MR) is 91.4 cm³/mol. The Morgan fingerprint density at radius 2 is 1.91 bits per heavy atom. The highest BCUT2D eigenvalue weighted by Crippen LogP contribution is 2.18. The van der Waals surface area contributed by atoms with Gasteiger partial charge in [-0.25, -0.2) is 13.1 Å². The molecule has 4 nitrogen and oxygen atoms in total. The third kappa shape index (κ3) is 4.67. The molecule has 2 aromatic carbocycles. The van der Waals surface area contributed by atoms with Crippen LogP contribution in [0.3, 0.4) is 0 Å². The Labute approximate surface area is 141 Å². The van der Waals surface area contributed by atoms with E-state index in [0.717, 1.165) is 11.1 Å². The van der Waals surface area contributed by atoms with E-state index in [9.17, 15) is 8.42 Å². The van der Waals surface area contributed by atoms with E-state index in [0.29, 0.717) is 10.6 Å². The highest BCUT2D eigenvalue weighted by molar-refractivity contribution is 7.89. The van der Waals surface area contributed by atoms with Gasteiger partial charge in [-0.15, -0.1) is 0 Å². The van der Waals surface area contributed by atoms with Gasteiger partial charge < -0.3 is 0 Å². The lowest BCUT2D eigenvalue weighted by Crippen LogP contribution is -2.25. The summed E-state index contributed by atoms with van der Waals surface area (Å²) in [7, 11) is -3.63. The second-order valence-corrected chi connectivity index (χ2v) is 7.12. The highest BCUT2D eigenvalue weighted by atomic mass is 35.5. The van der Waals surface area contributed by atoms with Crippen LogP contribution in [0.25, 0.3) is 5.57 Å². The fourth-order valence-corrected chi connectivity index (χ4v) is 3.17. The van der Waals surface area contributed by atoms with Crippen LogP contribution in [-0.4, -0.2) is 15.0 Å². The lowest BCUT2D eigenvalue weighted by molar-refractivity contribution is 0.586. The summed E-state index contributed by atoms with van der Waals surface area (Å²) in [6, 6.07) is 15.3. The second-order valence-electron chi connectivity index (χ2n) is 4.92. The van der Waals surface area contributed by atoms with Crippen molar-refractivity contribution < 1.29 is 8.42 Å². The molecule has 1 N–H and O–H groups in total. The van der Waals surface area contributed by atoms with E-state index in [4.69, 9.17) is 16.9 Å². The second kappa shape index (κ2) is 7.42. The maximum Gasteiger partial charge on any atom is 0.240 e. The van der Waals surface area contributed by atoms with Gasteiger partial charge in [0, 0.05) is 11.6 Å². The monoisotopic (exact) mass is 346 g/mol. The molecule has 23 heavy (non-hydrogen) atoms. The Hall–Kier alpha value is -2.13. The normalized spacial score (nSPS) is 11.0. The van der Waals surface area contributed by atoms with Gasteiger partial charge in [0.1, 0.15) is 0 Å². The van der Waals surface area contributed by atoms with Crippen LogP contribution in [0, 0.1) is 11.3 Å². The number of benzene rings is 2. The first kappa shape index (κ1) is 17.2. The van der Waals surface area contributed by atoms with E-state index >= 15 is 0 Å². The van der Waals surface area contributed by atoms with Gasteiger partial charge in [0.05, 0.1) is 17.4 Å². The van der Waals surface area contributed by atoms with Crippen LogP contribution >= 0.6 is 11.6 Å². The third-order valence-corrected chi connectivity index (χ3v) is 4.88. The van der Waals surface area contributed by atoms with Crippen LogP contribution in [0.2, 0.25) is 5.02 Å². The molecule has 0 saturated carbocycles. The van der Waals surface area contributed by atoms with Crippen LogP contribution in [-0.2, 0) is 16.4 Å². The molecule has 2 rings (SSSR count). The van der Waals surface area contributed by atoms with Gasteiger partial charge in [0.15, 0.2) is 0 Å². The molecule has 0 aliphatic rings. The van der Waals surface area contributed by atoms with Gasteiger partial charge in [0.2, 0.25) is 10.0 Å². The summed E-state index contributed by atoms with van der Waals surface area (Å²) in [5.41, 5.74) is 2.18. The van der Waals surface area contributed by atoms with E-state index in [2.05, 4.69) is 11.3 Å². The zero-order chi connectivity index (χ0) is 16.9. The molecule has 0 amide bonds. The molecular formula is C17H15ClN2O2S. The van der Waals surface area contributed by atoms with Gasteiger partial charge in [0.25, 0.3) is 0 Å². The van der Waals surface area contributed by atoms with Crippen LogP contribution in [0.15, 0.2) is 60.0 Å². The summed E-state index contributed by atoms with van der Waals surface area (Å²) in [4.78, 5) is 0.151. The molecule has 118 valence electrons. The lowest BCUT2D eigenvalue weighted by Gasteiger charge is -2.10. The molecule has 0 aliphatic carbocycles. The molecule has 0 saturated heterocycles. The minimum Gasteiger partial charge on any atom is -0.207 e. The summed E-state index contributed by atoms with van der Waals surface area (Å²) in [5.74, 6) is 0. The quantitative estimate of drug-likeness (QED) is 0.871. The summed E-state index contributed by atoms with van der Waals surface area (Å²) in [5, 5.41) is 9.19. The minimum absolute atomic E-state index is 0.0859. The van der Waals surface area contributed by atoms with Crippen molar-refractivity contribution in [2.24, 2.45) is 0 Å². The summed E-state index contributed by atoms with van der Waals surface area (Å²) >= 11 is 5.91. The topological polar surface area (TPSA) is 70.0 Å². The zero-order valence-corrected chi connectivity index (χ0v) is 13.9. The van der Waals surface area contributed by atoms with Crippen LogP contribution in [0.5, 0.6) is 0 Å². The number of halogens is 1. The number of sulfonamides is 1. The Morgan fingerprint density at radius 3 is 2.52 bits per heavy atom. The van der Waals surface area contributed by atoms with Crippen molar-refractivity contribution in [3.05, 3.63) is 71.3 Å². The summed E-state index contributed by atoms with van der Waals surface area (Å²) in [6.07, 6.45) is 0.249. The fourth-order valence-electron chi connectivity index (χ4n) is 1.95. The number of hydrogen-bond donors (Lipinski definition) is 1. The highest BCUT2D eigenvalue weighted by Gasteiger charge is 2.14. The first-order valence-electron chi connectivity index (χ1n) is 6.81. The number of nitriles is 1. The van der Waals surface area contributed by atoms with Crippen molar-refractivity contribution in [2.75, 3.05) is 6.54 Å². The van der Waals surface area contributed by atoms with E-state index in [1.165, 1.54) is 12.1 Å². The molecule has 0 bridgehead atoms. The van der Waals surface area contributed by atoms with Crippen LogP contribution < -0.4 is 4.72 Å². The number of nitrogens with one attached hydrogen (secondary N) is 1. The number of hydrogen-bond acceptors (Lipinski definition) is 3. The fraction of sp³-hybridized carbons (Fsp3) is 0.118. The molecular weight excluding hydrogens is 332 g/mol. The maximum absolute atomic E-state index is 12.3. The first-order chi connectivity index (χ1) is 10.9. The van der Waals surface area contributed by atoms with Crippen LogP contribution in [0.1, 0.15) is 11.1 Å². The zero-order valence-electron chi connectivity index (χ0n) is 12.3. The van der Waals surface area contributed by atoms with E-state index < -0.39 is 10.0 Å². The maximum atomic E-state index is 12.3. The number of rotatable bonds is 6. The standard InChI is InChI=1S/C17H15ClN2O2S/c1-13(15-3-2-4-16(18)11-15)12-20-23(21,22)17-7-5-14(6-8-17)9-10-19/h2-8,11,20H,1,9,12H2. The van der Waals surface area contributed by atoms with Crippen molar-refractivity contribution in [3.63, 3.8) is 0 Å². The van der Waals surface area contributed by atoms with Crippen molar-refractivity contribution >= 4 is 27.2 Å². The van der Waals surface area contributed by atoms with Crippen molar-refractivity contribution in [3.8, 4) is 6.07 Å². The van der Waals surface area contributed by atoms with Gasteiger partial charge in [-0.1, -0.05) is 42.4 Å². The average molecular weight is 347 g/mol. The van der Waals surface area contributed by atoms with Crippen molar-refractivity contribution in [1.29, 1.82) is 5.26 Å². The minimum atomic E-state index is -3.63. The largest absolute Gasteiger partial charge is 0.240 e. The Kier molecular flexibility index (Phi) is 5.56. The van der Waals surface area contributed by atoms with Gasteiger partial charge in [-0.2, -0.15) is 5.26 Å².